The first kappa shape index (κ1) is 18.7. The van der Waals surface area contributed by atoms with Gasteiger partial charge in [0.05, 0.1) is 5.52 Å². The molecule has 3 aromatic carbocycles. The van der Waals surface area contributed by atoms with Crippen LogP contribution in [0.5, 0.6) is 5.75 Å². The lowest BCUT2D eigenvalue weighted by Crippen LogP contribution is -2.16. The molecule has 0 bridgehead atoms. The van der Waals surface area contributed by atoms with Crippen LogP contribution in [0.2, 0.25) is 0 Å². The highest BCUT2D eigenvalue weighted by Crippen LogP contribution is 2.22. The van der Waals surface area contributed by atoms with Crippen molar-refractivity contribution in [1.82, 2.24) is 4.57 Å². The molecular weight excluding hydrogens is 366 g/mol. The number of carbonyl (C=O) groups is 1. The number of benzene rings is 3. The topological polar surface area (TPSA) is 61.4 Å². The molecule has 5 nitrogen and oxygen atoms in total. The van der Waals surface area contributed by atoms with Gasteiger partial charge < -0.3 is 9.15 Å². The number of hydrogen-bond donors (Lipinski definition) is 0. The van der Waals surface area contributed by atoms with Crippen LogP contribution < -0.4 is 10.5 Å². The number of para-hydroxylation sites is 3. The van der Waals surface area contributed by atoms with Gasteiger partial charge in [-0.25, -0.2) is 4.79 Å². The summed E-state index contributed by atoms with van der Waals surface area (Å²) in [4.78, 5) is 24.4. The summed E-state index contributed by atoms with van der Waals surface area (Å²) in [6.45, 7) is 0.399. The molecule has 146 valence electrons. The van der Waals surface area contributed by atoms with Gasteiger partial charge in [0.1, 0.15) is 5.75 Å². The van der Waals surface area contributed by atoms with Gasteiger partial charge in [0.15, 0.2) is 5.58 Å². The standard InChI is InChI=1S/C24H21NO4/c26-23(15-8-16-25-20-12-5-7-14-22(20)29-24(25)27)28-21-13-6-4-11-19(21)17-18-9-2-1-3-10-18/h1-7,9-14H,8,15-17H2. The molecule has 0 amide bonds. The summed E-state index contributed by atoms with van der Waals surface area (Å²) < 4.78 is 12.4. The smallest absolute Gasteiger partial charge is 0.419 e. The Balaban J connectivity index is 1.38. The Morgan fingerprint density at radius 2 is 1.62 bits per heavy atom. The number of aromatic nitrogens is 1. The minimum Gasteiger partial charge on any atom is -0.426 e. The molecular formula is C24H21NO4. The minimum absolute atomic E-state index is 0.214. The Morgan fingerprint density at radius 1 is 0.897 bits per heavy atom. The fraction of sp³-hybridized carbons (Fsp3) is 0.167. The second-order valence-corrected chi connectivity index (χ2v) is 6.84. The lowest BCUT2D eigenvalue weighted by atomic mass is 10.0. The predicted molar refractivity (Wildman–Crippen MR) is 111 cm³/mol. The number of esters is 1. The van der Waals surface area contributed by atoms with E-state index in [-0.39, 0.29) is 12.4 Å². The van der Waals surface area contributed by atoms with E-state index < -0.39 is 5.76 Å². The molecule has 0 saturated carbocycles. The van der Waals surface area contributed by atoms with E-state index in [0.717, 1.165) is 16.6 Å². The van der Waals surface area contributed by atoms with Crippen molar-refractivity contribution >= 4 is 17.1 Å². The Morgan fingerprint density at radius 3 is 2.48 bits per heavy atom. The van der Waals surface area contributed by atoms with Gasteiger partial charge in [-0.05, 0) is 35.7 Å². The number of carbonyl (C=O) groups excluding carboxylic acids is 1. The second-order valence-electron chi connectivity index (χ2n) is 6.84. The van der Waals surface area contributed by atoms with E-state index in [2.05, 4.69) is 0 Å². The van der Waals surface area contributed by atoms with Crippen LogP contribution in [-0.2, 0) is 17.8 Å². The SMILES string of the molecule is O=C(CCCn1c(=O)oc2ccccc21)Oc1ccccc1Cc1ccccc1. The Kier molecular flexibility index (Phi) is 5.56. The Bertz CT molecular complexity index is 1170. The fourth-order valence-corrected chi connectivity index (χ4v) is 3.35. The van der Waals surface area contributed by atoms with Crippen molar-refractivity contribution in [3.63, 3.8) is 0 Å². The molecule has 1 heterocycles. The van der Waals surface area contributed by atoms with E-state index in [9.17, 15) is 9.59 Å². The summed E-state index contributed by atoms with van der Waals surface area (Å²) in [5.74, 6) is -0.147. The first-order chi connectivity index (χ1) is 14.2. The summed E-state index contributed by atoms with van der Waals surface area (Å²) in [7, 11) is 0. The van der Waals surface area contributed by atoms with Crippen LogP contribution in [-0.4, -0.2) is 10.5 Å². The van der Waals surface area contributed by atoms with Crippen LogP contribution in [0.3, 0.4) is 0 Å². The monoisotopic (exact) mass is 387 g/mol. The number of ether oxygens (including phenoxy) is 1. The number of hydrogen-bond acceptors (Lipinski definition) is 4. The number of aryl methyl sites for hydroxylation is 1. The molecule has 0 unspecified atom stereocenters. The highest BCUT2D eigenvalue weighted by molar-refractivity contribution is 5.73. The largest absolute Gasteiger partial charge is 0.426 e. The quantitative estimate of drug-likeness (QED) is 0.344. The Hall–Kier alpha value is -3.60. The Labute approximate surface area is 168 Å². The van der Waals surface area contributed by atoms with Gasteiger partial charge >= 0.3 is 11.7 Å². The van der Waals surface area contributed by atoms with E-state index in [1.165, 1.54) is 0 Å². The summed E-state index contributed by atoms with van der Waals surface area (Å²) in [5.41, 5.74) is 3.40. The third kappa shape index (κ3) is 4.46. The summed E-state index contributed by atoms with van der Waals surface area (Å²) in [6.07, 6.45) is 1.40. The number of oxazole rings is 1. The molecule has 4 aromatic rings. The normalized spacial score (nSPS) is 10.9. The molecule has 29 heavy (non-hydrogen) atoms. The first-order valence-electron chi connectivity index (χ1n) is 9.61. The molecule has 0 saturated heterocycles. The maximum atomic E-state index is 12.4. The molecule has 4 rings (SSSR count). The number of rotatable bonds is 7. The number of nitrogens with zero attached hydrogens (tertiary/aromatic N) is 1. The van der Waals surface area contributed by atoms with Crippen molar-refractivity contribution in [2.45, 2.75) is 25.8 Å². The molecule has 0 N–H and O–H groups in total. The van der Waals surface area contributed by atoms with Gasteiger partial charge in [-0.15, -0.1) is 0 Å². The zero-order chi connectivity index (χ0) is 20.1. The van der Waals surface area contributed by atoms with Crippen molar-refractivity contribution in [1.29, 1.82) is 0 Å². The molecule has 0 radical (unpaired) electrons. The maximum absolute atomic E-state index is 12.4. The fourth-order valence-electron chi connectivity index (χ4n) is 3.35. The molecule has 1 aromatic heterocycles. The predicted octanol–water partition coefficient (Wildman–Crippen LogP) is 4.57. The van der Waals surface area contributed by atoms with Crippen LogP contribution in [0.4, 0.5) is 0 Å². The lowest BCUT2D eigenvalue weighted by Gasteiger charge is -2.10. The molecule has 0 spiro atoms. The zero-order valence-corrected chi connectivity index (χ0v) is 15.9. The second kappa shape index (κ2) is 8.61. The van der Waals surface area contributed by atoms with E-state index in [4.69, 9.17) is 9.15 Å². The third-order valence-electron chi connectivity index (χ3n) is 4.77. The van der Waals surface area contributed by atoms with Crippen LogP contribution in [0.1, 0.15) is 24.0 Å². The van der Waals surface area contributed by atoms with Crippen LogP contribution in [0.15, 0.2) is 88.1 Å². The van der Waals surface area contributed by atoms with Crippen molar-refractivity contribution in [3.05, 3.63) is 101 Å². The van der Waals surface area contributed by atoms with Crippen LogP contribution >= 0.6 is 0 Å². The summed E-state index contributed by atoms with van der Waals surface area (Å²) in [5, 5.41) is 0. The van der Waals surface area contributed by atoms with Crippen molar-refractivity contribution in [2.75, 3.05) is 0 Å². The zero-order valence-electron chi connectivity index (χ0n) is 15.9. The summed E-state index contributed by atoms with van der Waals surface area (Å²) in [6, 6.07) is 24.9. The van der Waals surface area contributed by atoms with Crippen molar-refractivity contribution in [2.24, 2.45) is 0 Å². The van der Waals surface area contributed by atoms with E-state index in [1.54, 1.807) is 10.6 Å². The third-order valence-corrected chi connectivity index (χ3v) is 4.77. The average Bonchev–Trinajstić information content (AvgIpc) is 3.05. The van der Waals surface area contributed by atoms with Gasteiger partial charge in [-0.3, -0.25) is 9.36 Å². The maximum Gasteiger partial charge on any atom is 0.419 e. The highest BCUT2D eigenvalue weighted by atomic mass is 16.5. The number of fused-ring (bicyclic) bond motifs is 1. The molecule has 5 heteroatoms. The van der Waals surface area contributed by atoms with Crippen LogP contribution in [0, 0.1) is 0 Å². The minimum atomic E-state index is -0.409. The van der Waals surface area contributed by atoms with Gasteiger partial charge in [0.25, 0.3) is 0 Å². The van der Waals surface area contributed by atoms with E-state index in [1.807, 2.05) is 72.8 Å². The van der Waals surface area contributed by atoms with Crippen molar-refractivity contribution < 1.29 is 13.9 Å². The molecule has 0 aliphatic carbocycles. The van der Waals surface area contributed by atoms with Gasteiger partial charge in [-0.1, -0.05) is 60.7 Å². The van der Waals surface area contributed by atoms with Gasteiger partial charge in [-0.2, -0.15) is 0 Å². The highest BCUT2D eigenvalue weighted by Gasteiger charge is 2.12. The van der Waals surface area contributed by atoms with E-state index in [0.29, 0.717) is 30.7 Å². The molecule has 0 aliphatic heterocycles. The lowest BCUT2D eigenvalue weighted by molar-refractivity contribution is -0.134. The molecule has 0 atom stereocenters. The van der Waals surface area contributed by atoms with Gasteiger partial charge in [0, 0.05) is 19.4 Å². The first-order valence-corrected chi connectivity index (χ1v) is 9.61. The molecule has 0 fully saturated rings. The summed E-state index contributed by atoms with van der Waals surface area (Å²) >= 11 is 0. The van der Waals surface area contributed by atoms with E-state index >= 15 is 0 Å². The van der Waals surface area contributed by atoms with Gasteiger partial charge in [0.2, 0.25) is 0 Å². The van der Waals surface area contributed by atoms with Crippen LogP contribution in [0.25, 0.3) is 11.1 Å². The average molecular weight is 387 g/mol. The molecule has 0 aliphatic rings. The van der Waals surface area contributed by atoms with Crippen molar-refractivity contribution in [3.8, 4) is 5.75 Å².